The lowest BCUT2D eigenvalue weighted by molar-refractivity contribution is -0.137. The van der Waals surface area contributed by atoms with E-state index >= 15 is 0 Å². The Balaban J connectivity index is 2.04. The van der Waals surface area contributed by atoms with Gasteiger partial charge in [-0.2, -0.15) is 13.2 Å². The molecule has 1 aliphatic rings. The van der Waals surface area contributed by atoms with Crippen molar-refractivity contribution < 1.29 is 13.2 Å². The molecular weight excluding hydrogens is 299 g/mol. The summed E-state index contributed by atoms with van der Waals surface area (Å²) in [5.41, 5.74) is 0.554. The number of aromatic nitrogens is 2. The van der Waals surface area contributed by atoms with E-state index in [1.54, 1.807) is 0 Å². The van der Waals surface area contributed by atoms with Crippen molar-refractivity contribution in [3.63, 3.8) is 0 Å². The van der Waals surface area contributed by atoms with Crippen molar-refractivity contribution in [1.29, 1.82) is 0 Å². The van der Waals surface area contributed by atoms with Crippen molar-refractivity contribution in [2.24, 2.45) is 0 Å². The number of likely N-dealkylation sites (tertiary alicyclic amines) is 1. The van der Waals surface area contributed by atoms with Gasteiger partial charge in [-0.15, -0.1) is 0 Å². The van der Waals surface area contributed by atoms with E-state index in [0.717, 1.165) is 43.6 Å². The normalized spacial score (nSPS) is 18.5. The number of H-pyrrole nitrogens is 1. The predicted octanol–water partition coefficient (Wildman–Crippen LogP) is 3.98. The van der Waals surface area contributed by atoms with Crippen LogP contribution in [0.1, 0.15) is 24.4 Å². The summed E-state index contributed by atoms with van der Waals surface area (Å²) in [5.74, 6) is 0. The molecule has 2 heterocycles. The molecule has 7 heteroatoms. The largest absolute Gasteiger partial charge is 0.416 e. The first-order valence-corrected chi connectivity index (χ1v) is 7.27. The second kappa shape index (κ2) is 5.14. The Morgan fingerprint density at radius 2 is 1.90 bits per heavy atom. The van der Waals surface area contributed by atoms with Crippen LogP contribution in [-0.2, 0) is 6.18 Å². The molecule has 0 bridgehead atoms. The fourth-order valence-electron chi connectivity index (χ4n) is 2.92. The van der Waals surface area contributed by atoms with Crippen LogP contribution in [0.5, 0.6) is 0 Å². The lowest BCUT2D eigenvalue weighted by Gasteiger charge is -2.30. The van der Waals surface area contributed by atoms with Crippen molar-refractivity contribution >= 4 is 23.3 Å². The van der Waals surface area contributed by atoms with Crippen molar-refractivity contribution in [3.8, 4) is 0 Å². The summed E-state index contributed by atoms with van der Waals surface area (Å²) < 4.78 is 40.8. The molecule has 1 N–H and O–H groups in total. The van der Waals surface area contributed by atoms with E-state index in [1.165, 1.54) is 6.07 Å². The van der Waals surface area contributed by atoms with Gasteiger partial charge in [0.2, 0.25) is 0 Å². The third-order valence-electron chi connectivity index (χ3n) is 4.10. The highest BCUT2D eigenvalue weighted by atomic mass is 32.1. The minimum atomic E-state index is -4.33. The van der Waals surface area contributed by atoms with E-state index in [9.17, 15) is 13.2 Å². The molecule has 2 aromatic rings. The van der Waals surface area contributed by atoms with Crippen LogP contribution in [0.15, 0.2) is 18.2 Å². The van der Waals surface area contributed by atoms with Gasteiger partial charge in [0.05, 0.1) is 16.6 Å². The van der Waals surface area contributed by atoms with Crippen LogP contribution >= 0.6 is 12.2 Å². The van der Waals surface area contributed by atoms with Gasteiger partial charge >= 0.3 is 6.18 Å². The molecule has 0 unspecified atom stereocenters. The molecule has 0 atom stereocenters. The first-order chi connectivity index (χ1) is 9.86. The van der Waals surface area contributed by atoms with Crippen LogP contribution in [0.3, 0.4) is 0 Å². The molecule has 1 aliphatic heterocycles. The Labute approximate surface area is 125 Å². The van der Waals surface area contributed by atoms with Gasteiger partial charge in [0.1, 0.15) is 0 Å². The van der Waals surface area contributed by atoms with Crippen LogP contribution < -0.4 is 0 Å². The smallest absolute Gasteiger partial charge is 0.331 e. The molecule has 0 saturated carbocycles. The zero-order valence-corrected chi connectivity index (χ0v) is 12.4. The van der Waals surface area contributed by atoms with Crippen molar-refractivity contribution in [2.45, 2.75) is 25.1 Å². The Kier molecular flexibility index (Phi) is 3.57. The van der Waals surface area contributed by atoms with Gasteiger partial charge in [-0.25, -0.2) is 0 Å². The lowest BCUT2D eigenvalue weighted by Crippen LogP contribution is -2.31. The molecule has 3 rings (SSSR count). The Bertz CT molecular complexity index is 708. The Morgan fingerprint density at radius 3 is 2.52 bits per heavy atom. The molecule has 21 heavy (non-hydrogen) atoms. The molecule has 114 valence electrons. The predicted molar refractivity (Wildman–Crippen MR) is 77.9 cm³/mol. The Hall–Kier alpha value is -1.34. The standard InChI is InChI=1S/C14H16F3N3S/c1-19-6-4-10(5-7-19)20-12-3-2-9(14(15,16)17)8-11(12)18-13(20)21/h2-3,8,10H,4-7H2,1H3,(H,18,21). The number of hydrogen-bond donors (Lipinski definition) is 1. The molecule has 1 aromatic heterocycles. The number of hydrogen-bond acceptors (Lipinski definition) is 2. The second-order valence-corrected chi connectivity index (χ2v) is 5.95. The van der Waals surface area contributed by atoms with Crippen LogP contribution in [-0.4, -0.2) is 34.6 Å². The summed E-state index contributed by atoms with van der Waals surface area (Å²) in [5, 5.41) is 0. The molecule has 1 aromatic carbocycles. The highest BCUT2D eigenvalue weighted by Crippen LogP contribution is 2.33. The van der Waals surface area contributed by atoms with Gasteiger partial charge in [-0.05, 0) is 63.4 Å². The van der Waals surface area contributed by atoms with Crippen LogP contribution in [0.25, 0.3) is 11.0 Å². The average Bonchev–Trinajstić information content (AvgIpc) is 2.74. The summed E-state index contributed by atoms with van der Waals surface area (Å²) >= 11 is 5.31. The summed E-state index contributed by atoms with van der Waals surface area (Å²) in [6, 6.07) is 4.02. The lowest BCUT2D eigenvalue weighted by atomic mass is 10.1. The molecule has 0 spiro atoms. The third kappa shape index (κ3) is 2.72. The number of fused-ring (bicyclic) bond motifs is 1. The van der Waals surface area contributed by atoms with Gasteiger partial charge < -0.3 is 14.5 Å². The van der Waals surface area contributed by atoms with Crippen LogP contribution in [0.2, 0.25) is 0 Å². The number of rotatable bonds is 1. The molecular formula is C14H16F3N3S. The number of alkyl halides is 3. The average molecular weight is 315 g/mol. The van der Waals surface area contributed by atoms with E-state index in [4.69, 9.17) is 12.2 Å². The van der Waals surface area contributed by atoms with E-state index in [1.807, 2.05) is 4.57 Å². The topological polar surface area (TPSA) is 24.0 Å². The van der Waals surface area contributed by atoms with Crippen molar-refractivity contribution in [3.05, 3.63) is 28.5 Å². The van der Waals surface area contributed by atoms with Gasteiger partial charge in [0, 0.05) is 6.04 Å². The quantitative estimate of drug-likeness (QED) is 0.805. The molecule has 1 fully saturated rings. The molecule has 0 amide bonds. The molecule has 0 aliphatic carbocycles. The summed E-state index contributed by atoms with van der Waals surface area (Å²) in [4.78, 5) is 5.16. The second-order valence-electron chi connectivity index (χ2n) is 5.56. The molecule has 0 radical (unpaired) electrons. The molecule has 3 nitrogen and oxygen atoms in total. The maximum atomic E-state index is 12.8. The summed E-state index contributed by atoms with van der Waals surface area (Å²) in [6.45, 7) is 1.94. The minimum Gasteiger partial charge on any atom is -0.331 e. The van der Waals surface area contributed by atoms with E-state index in [0.29, 0.717) is 10.3 Å². The number of nitrogens with zero attached hydrogens (tertiary/aromatic N) is 2. The van der Waals surface area contributed by atoms with Crippen molar-refractivity contribution in [1.82, 2.24) is 14.5 Å². The number of nitrogens with one attached hydrogen (secondary N) is 1. The van der Waals surface area contributed by atoms with Gasteiger partial charge in [-0.3, -0.25) is 0 Å². The summed E-state index contributed by atoms with van der Waals surface area (Å²) in [6.07, 6.45) is -2.42. The molecule has 1 saturated heterocycles. The highest BCUT2D eigenvalue weighted by molar-refractivity contribution is 7.71. The Morgan fingerprint density at radius 1 is 1.24 bits per heavy atom. The highest BCUT2D eigenvalue weighted by Gasteiger charge is 2.31. The zero-order valence-electron chi connectivity index (χ0n) is 11.6. The zero-order chi connectivity index (χ0) is 15.2. The number of imidazole rings is 1. The van der Waals surface area contributed by atoms with Crippen molar-refractivity contribution in [2.75, 3.05) is 20.1 Å². The summed E-state index contributed by atoms with van der Waals surface area (Å²) in [7, 11) is 2.07. The van der Waals surface area contributed by atoms with Gasteiger partial charge in [0.25, 0.3) is 0 Å². The fourth-order valence-corrected chi connectivity index (χ4v) is 3.28. The SMILES string of the molecule is CN1CCC(n2c(=S)[nH]c3cc(C(F)(F)F)ccc32)CC1. The van der Waals surface area contributed by atoms with Crippen LogP contribution in [0.4, 0.5) is 13.2 Å². The van der Waals surface area contributed by atoms with Gasteiger partial charge in [0.15, 0.2) is 4.77 Å². The first-order valence-electron chi connectivity index (χ1n) is 6.86. The first kappa shape index (κ1) is 14.6. The van der Waals surface area contributed by atoms with E-state index < -0.39 is 11.7 Å². The van der Waals surface area contributed by atoms with Crippen LogP contribution in [0, 0.1) is 4.77 Å². The van der Waals surface area contributed by atoms with Gasteiger partial charge in [-0.1, -0.05) is 0 Å². The third-order valence-corrected chi connectivity index (χ3v) is 4.40. The monoisotopic (exact) mass is 315 g/mol. The number of halogens is 3. The minimum absolute atomic E-state index is 0.249. The number of benzene rings is 1. The maximum absolute atomic E-state index is 12.8. The van der Waals surface area contributed by atoms with E-state index in [-0.39, 0.29) is 6.04 Å². The maximum Gasteiger partial charge on any atom is 0.416 e. The number of aromatic amines is 1. The fraction of sp³-hybridized carbons (Fsp3) is 0.500. The van der Waals surface area contributed by atoms with E-state index in [2.05, 4.69) is 16.9 Å². The number of piperidine rings is 1.